The molecule has 142 valence electrons. The number of nitrogens with zero attached hydrogens (tertiary/aromatic N) is 1. The second kappa shape index (κ2) is 9.48. The van der Waals surface area contributed by atoms with Crippen molar-refractivity contribution >= 4 is 17.7 Å². The Hall–Kier alpha value is -2.21. The van der Waals surface area contributed by atoms with Gasteiger partial charge in [0, 0.05) is 30.5 Å². The van der Waals surface area contributed by atoms with Gasteiger partial charge < -0.3 is 10.4 Å². The van der Waals surface area contributed by atoms with Gasteiger partial charge in [0.2, 0.25) is 5.91 Å². The van der Waals surface area contributed by atoms with E-state index in [1.165, 1.54) is 5.56 Å². The molecule has 0 aliphatic heterocycles. The van der Waals surface area contributed by atoms with Crippen LogP contribution in [0.25, 0.3) is 0 Å². The van der Waals surface area contributed by atoms with E-state index in [0.29, 0.717) is 12.1 Å². The fourth-order valence-corrected chi connectivity index (χ4v) is 3.27. The third-order valence-corrected chi connectivity index (χ3v) is 5.00. The quantitative estimate of drug-likeness (QED) is 0.625. The van der Waals surface area contributed by atoms with Gasteiger partial charge in [-0.15, -0.1) is 0 Å². The van der Waals surface area contributed by atoms with Crippen LogP contribution in [0.15, 0.2) is 24.3 Å². The molecular formula is C20H28N2O4. The highest BCUT2D eigenvalue weighted by Crippen LogP contribution is 2.25. The maximum absolute atomic E-state index is 12.2. The predicted molar refractivity (Wildman–Crippen MR) is 99.2 cm³/mol. The summed E-state index contributed by atoms with van der Waals surface area (Å²) in [5.74, 6) is -0.967. The summed E-state index contributed by atoms with van der Waals surface area (Å²) >= 11 is 0. The molecule has 0 unspecified atom stereocenters. The number of likely N-dealkylation sites (N-methyl/N-ethyl adjacent to an activating group) is 1. The molecule has 0 aromatic heterocycles. The number of hydrogen-bond acceptors (Lipinski definition) is 4. The van der Waals surface area contributed by atoms with Crippen LogP contribution in [-0.2, 0) is 16.0 Å². The molecule has 2 N–H and O–H groups in total. The zero-order valence-corrected chi connectivity index (χ0v) is 15.5. The summed E-state index contributed by atoms with van der Waals surface area (Å²) in [6.07, 6.45) is 2.84. The number of nitrogens with one attached hydrogen (secondary N) is 1. The van der Waals surface area contributed by atoms with Gasteiger partial charge in [-0.2, -0.15) is 0 Å². The third kappa shape index (κ3) is 5.66. The number of carbonyl (C=O) groups excluding carboxylic acids is 2. The van der Waals surface area contributed by atoms with Gasteiger partial charge in [0.25, 0.3) is 0 Å². The van der Waals surface area contributed by atoms with E-state index in [4.69, 9.17) is 5.11 Å². The van der Waals surface area contributed by atoms with Gasteiger partial charge >= 0.3 is 5.97 Å². The van der Waals surface area contributed by atoms with Gasteiger partial charge in [-0.25, -0.2) is 0 Å². The van der Waals surface area contributed by atoms with Crippen LogP contribution >= 0.6 is 0 Å². The Balaban J connectivity index is 1.69. The third-order valence-electron chi connectivity index (χ3n) is 5.00. The van der Waals surface area contributed by atoms with Crippen molar-refractivity contribution in [2.24, 2.45) is 0 Å². The van der Waals surface area contributed by atoms with Gasteiger partial charge in [-0.05, 0) is 31.4 Å². The lowest BCUT2D eigenvalue weighted by molar-refractivity contribution is -0.139. The highest BCUT2D eigenvalue weighted by atomic mass is 16.4. The lowest BCUT2D eigenvalue weighted by atomic mass is 9.85. The van der Waals surface area contributed by atoms with Crippen LogP contribution in [0.4, 0.5) is 0 Å². The zero-order chi connectivity index (χ0) is 19.1. The molecule has 0 saturated heterocycles. The van der Waals surface area contributed by atoms with E-state index in [-0.39, 0.29) is 43.2 Å². The van der Waals surface area contributed by atoms with E-state index in [1.54, 1.807) is 0 Å². The fraction of sp³-hybridized carbons (Fsp3) is 0.550. The molecule has 1 aromatic carbocycles. The SMILES string of the molecule is CCc1ccc(C(=O)CCC(=O)NC2CC(N(CC)CC(=O)O)C2)cc1. The summed E-state index contributed by atoms with van der Waals surface area (Å²) < 4.78 is 0. The Bertz CT molecular complexity index is 636. The maximum atomic E-state index is 12.2. The van der Waals surface area contributed by atoms with Crippen LogP contribution in [0.2, 0.25) is 0 Å². The molecule has 0 radical (unpaired) electrons. The largest absolute Gasteiger partial charge is 0.480 e. The molecule has 6 nitrogen and oxygen atoms in total. The lowest BCUT2D eigenvalue weighted by Gasteiger charge is -2.42. The number of ketones is 1. The van der Waals surface area contributed by atoms with Gasteiger partial charge in [0.1, 0.15) is 0 Å². The van der Waals surface area contributed by atoms with Crippen molar-refractivity contribution in [2.75, 3.05) is 13.1 Å². The van der Waals surface area contributed by atoms with E-state index >= 15 is 0 Å². The standard InChI is InChI=1S/C20H28N2O4/c1-3-14-5-7-15(8-6-14)18(23)9-10-19(24)21-16-11-17(12-16)22(4-2)13-20(25)26/h5-8,16-17H,3-4,9-13H2,1-2H3,(H,21,24)(H,25,26). The number of benzene rings is 1. The molecule has 1 amide bonds. The average Bonchev–Trinajstić information content (AvgIpc) is 2.60. The number of Topliss-reactive ketones (excluding diaryl/α,β-unsaturated/α-hetero) is 1. The number of carbonyl (C=O) groups is 3. The molecular weight excluding hydrogens is 332 g/mol. The van der Waals surface area contributed by atoms with E-state index in [0.717, 1.165) is 19.3 Å². The smallest absolute Gasteiger partial charge is 0.317 e. The van der Waals surface area contributed by atoms with Crippen molar-refractivity contribution in [3.8, 4) is 0 Å². The van der Waals surface area contributed by atoms with Crippen molar-refractivity contribution < 1.29 is 19.5 Å². The normalized spacial score (nSPS) is 19.0. The molecule has 26 heavy (non-hydrogen) atoms. The predicted octanol–water partition coefficient (Wildman–Crippen LogP) is 2.27. The Labute approximate surface area is 154 Å². The molecule has 0 heterocycles. The number of aryl methyl sites for hydroxylation is 1. The first kappa shape index (κ1) is 20.1. The molecule has 0 bridgehead atoms. The number of aliphatic carboxylic acids is 1. The second-order valence-electron chi connectivity index (χ2n) is 6.82. The molecule has 0 atom stereocenters. The summed E-state index contributed by atoms with van der Waals surface area (Å²) in [5.41, 5.74) is 1.83. The number of amides is 1. The molecule has 0 spiro atoms. The van der Waals surface area contributed by atoms with Crippen molar-refractivity contribution in [3.05, 3.63) is 35.4 Å². The van der Waals surface area contributed by atoms with Crippen LogP contribution in [-0.4, -0.2) is 52.8 Å². The topological polar surface area (TPSA) is 86.7 Å². The van der Waals surface area contributed by atoms with E-state index in [1.807, 2.05) is 36.1 Å². The molecule has 6 heteroatoms. The zero-order valence-electron chi connectivity index (χ0n) is 15.5. The van der Waals surface area contributed by atoms with E-state index in [2.05, 4.69) is 12.2 Å². The minimum absolute atomic E-state index is 0.0205. The first-order valence-corrected chi connectivity index (χ1v) is 9.30. The second-order valence-corrected chi connectivity index (χ2v) is 6.82. The van der Waals surface area contributed by atoms with Crippen molar-refractivity contribution in [3.63, 3.8) is 0 Å². The summed E-state index contributed by atoms with van der Waals surface area (Å²) in [5, 5.41) is 11.8. The minimum Gasteiger partial charge on any atom is -0.480 e. The summed E-state index contributed by atoms with van der Waals surface area (Å²) in [4.78, 5) is 36.9. The van der Waals surface area contributed by atoms with Gasteiger partial charge in [0.05, 0.1) is 6.54 Å². The molecule has 1 aliphatic rings. The molecule has 1 saturated carbocycles. The van der Waals surface area contributed by atoms with Crippen LogP contribution < -0.4 is 5.32 Å². The maximum Gasteiger partial charge on any atom is 0.317 e. The van der Waals surface area contributed by atoms with Crippen LogP contribution in [0, 0.1) is 0 Å². The minimum atomic E-state index is -0.829. The summed E-state index contributed by atoms with van der Waals surface area (Å²) in [7, 11) is 0. The van der Waals surface area contributed by atoms with Crippen molar-refractivity contribution in [2.45, 2.75) is 58.0 Å². The Morgan fingerprint density at radius 3 is 2.31 bits per heavy atom. The Morgan fingerprint density at radius 1 is 1.12 bits per heavy atom. The van der Waals surface area contributed by atoms with Gasteiger partial charge in [-0.3, -0.25) is 19.3 Å². The molecule has 1 aliphatic carbocycles. The monoisotopic (exact) mass is 360 g/mol. The molecule has 1 fully saturated rings. The van der Waals surface area contributed by atoms with E-state index < -0.39 is 5.97 Å². The van der Waals surface area contributed by atoms with Crippen LogP contribution in [0.1, 0.15) is 55.5 Å². The highest BCUT2D eigenvalue weighted by molar-refractivity contribution is 5.98. The Morgan fingerprint density at radius 2 is 1.77 bits per heavy atom. The van der Waals surface area contributed by atoms with Crippen molar-refractivity contribution in [1.82, 2.24) is 10.2 Å². The average molecular weight is 360 g/mol. The van der Waals surface area contributed by atoms with E-state index in [9.17, 15) is 14.4 Å². The summed E-state index contributed by atoms with van der Waals surface area (Å²) in [6, 6.07) is 7.81. The first-order chi connectivity index (χ1) is 12.4. The first-order valence-electron chi connectivity index (χ1n) is 9.30. The molecule has 1 aromatic rings. The molecule has 2 rings (SSSR count). The van der Waals surface area contributed by atoms with Crippen LogP contribution in [0.3, 0.4) is 0 Å². The van der Waals surface area contributed by atoms with Gasteiger partial charge in [-0.1, -0.05) is 38.1 Å². The lowest BCUT2D eigenvalue weighted by Crippen LogP contribution is -2.54. The highest BCUT2D eigenvalue weighted by Gasteiger charge is 2.34. The van der Waals surface area contributed by atoms with Gasteiger partial charge in [0.15, 0.2) is 5.78 Å². The van der Waals surface area contributed by atoms with Crippen molar-refractivity contribution in [1.29, 1.82) is 0 Å². The number of rotatable bonds is 10. The van der Waals surface area contributed by atoms with Crippen LogP contribution in [0.5, 0.6) is 0 Å². The number of carboxylic acids is 1. The summed E-state index contributed by atoms with van der Waals surface area (Å²) in [6.45, 7) is 4.72. The number of carboxylic acid groups (broad SMARTS) is 1. The fourth-order valence-electron chi connectivity index (χ4n) is 3.27. The number of hydrogen-bond donors (Lipinski definition) is 2. The Kier molecular flexibility index (Phi) is 7.33.